The summed E-state index contributed by atoms with van der Waals surface area (Å²) in [5, 5.41) is 12.2. The third-order valence-electron chi connectivity index (χ3n) is 4.16. The number of likely N-dealkylation sites (tertiary alicyclic amines) is 1. The normalized spacial score (nSPS) is 32.5. The predicted molar refractivity (Wildman–Crippen MR) is 67.2 cm³/mol. The molecule has 0 saturated carbocycles. The number of rotatable bonds is 3. The van der Waals surface area contributed by atoms with Gasteiger partial charge in [-0.05, 0) is 39.2 Å². The molecule has 0 radical (unpaired) electrons. The molecule has 0 aromatic heterocycles. The van der Waals surface area contributed by atoms with Gasteiger partial charge in [0.2, 0.25) is 5.91 Å². The van der Waals surface area contributed by atoms with Gasteiger partial charge in [0.1, 0.15) is 0 Å². The van der Waals surface area contributed by atoms with Crippen molar-refractivity contribution in [2.24, 2.45) is 5.41 Å². The van der Waals surface area contributed by atoms with Crippen LogP contribution in [0.5, 0.6) is 0 Å². The Kier molecular flexibility index (Phi) is 3.90. The van der Waals surface area contributed by atoms with Crippen LogP contribution < -0.4 is 5.32 Å². The molecule has 0 aliphatic carbocycles. The lowest BCUT2D eigenvalue weighted by molar-refractivity contribution is -0.145. The fourth-order valence-electron chi connectivity index (χ4n) is 3.10. The Balaban J connectivity index is 2.04. The molecule has 2 saturated heterocycles. The van der Waals surface area contributed by atoms with Gasteiger partial charge in [-0.25, -0.2) is 0 Å². The first-order chi connectivity index (χ1) is 8.53. The largest absolute Gasteiger partial charge is 0.481 e. The molecule has 2 fully saturated rings. The van der Waals surface area contributed by atoms with Crippen molar-refractivity contribution in [1.82, 2.24) is 10.2 Å². The summed E-state index contributed by atoms with van der Waals surface area (Å²) in [5.41, 5.74) is -0.348. The number of hydrogen-bond acceptors (Lipinski definition) is 3. The van der Waals surface area contributed by atoms with E-state index < -0.39 is 5.97 Å². The molecule has 0 bridgehead atoms. The maximum absolute atomic E-state index is 12.6. The van der Waals surface area contributed by atoms with Crippen LogP contribution in [-0.4, -0.2) is 47.6 Å². The zero-order valence-corrected chi connectivity index (χ0v) is 10.9. The van der Waals surface area contributed by atoms with Crippen molar-refractivity contribution in [3.63, 3.8) is 0 Å². The first-order valence-electron chi connectivity index (χ1n) is 6.76. The molecule has 18 heavy (non-hydrogen) atoms. The van der Waals surface area contributed by atoms with E-state index in [0.717, 1.165) is 32.2 Å². The van der Waals surface area contributed by atoms with Gasteiger partial charge >= 0.3 is 5.97 Å². The molecule has 0 aromatic carbocycles. The molecule has 2 aliphatic rings. The van der Waals surface area contributed by atoms with Gasteiger partial charge in [0, 0.05) is 19.1 Å². The topological polar surface area (TPSA) is 69.6 Å². The van der Waals surface area contributed by atoms with E-state index in [1.807, 2.05) is 6.92 Å². The monoisotopic (exact) mass is 254 g/mol. The molecule has 2 atom stereocenters. The molecular formula is C13H22N2O3. The summed E-state index contributed by atoms with van der Waals surface area (Å²) in [5.74, 6) is -0.676. The molecule has 5 nitrogen and oxygen atoms in total. The van der Waals surface area contributed by atoms with Gasteiger partial charge in [-0.1, -0.05) is 0 Å². The van der Waals surface area contributed by atoms with Gasteiger partial charge in [-0.15, -0.1) is 0 Å². The molecule has 2 rings (SSSR count). The van der Waals surface area contributed by atoms with Crippen molar-refractivity contribution in [3.8, 4) is 0 Å². The van der Waals surface area contributed by atoms with Crippen LogP contribution in [0, 0.1) is 5.41 Å². The second-order valence-corrected chi connectivity index (χ2v) is 5.73. The van der Waals surface area contributed by atoms with E-state index in [-0.39, 0.29) is 23.8 Å². The number of nitrogens with zero attached hydrogens (tertiary/aromatic N) is 1. The number of carboxylic acids is 1. The van der Waals surface area contributed by atoms with Crippen molar-refractivity contribution >= 4 is 11.9 Å². The van der Waals surface area contributed by atoms with E-state index in [0.29, 0.717) is 13.1 Å². The summed E-state index contributed by atoms with van der Waals surface area (Å²) in [6, 6.07) is -0.103. The first-order valence-corrected chi connectivity index (χ1v) is 6.76. The van der Waals surface area contributed by atoms with Crippen molar-refractivity contribution in [1.29, 1.82) is 0 Å². The Morgan fingerprint density at radius 2 is 2.22 bits per heavy atom. The van der Waals surface area contributed by atoms with Crippen LogP contribution in [0.4, 0.5) is 0 Å². The van der Waals surface area contributed by atoms with E-state index in [1.165, 1.54) is 0 Å². The minimum absolute atomic E-state index is 0.0786. The van der Waals surface area contributed by atoms with E-state index >= 15 is 0 Å². The van der Waals surface area contributed by atoms with Gasteiger partial charge in [0.25, 0.3) is 0 Å². The lowest BCUT2D eigenvalue weighted by atomic mass is 9.81. The maximum atomic E-state index is 12.6. The Labute approximate surface area is 108 Å². The Hall–Kier alpha value is -1.10. The van der Waals surface area contributed by atoms with Crippen LogP contribution in [0.25, 0.3) is 0 Å². The molecule has 2 heterocycles. The van der Waals surface area contributed by atoms with Gasteiger partial charge < -0.3 is 15.3 Å². The van der Waals surface area contributed by atoms with Crippen molar-refractivity contribution in [2.45, 2.75) is 45.1 Å². The SMILES string of the molecule is CC1(C(=O)N2CCCC2CC(=O)O)CCCNC1. The van der Waals surface area contributed by atoms with Gasteiger partial charge in [-0.3, -0.25) is 9.59 Å². The molecule has 2 N–H and O–H groups in total. The Bertz CT molecular complexity index is 337. The van der Waals surface area contributed by atoms with Gasteiger partial charge in [-0.2, -0.15) is 0 Å². The number of carboxylic acid groups (broad SMARTS) is 1. The number of carbonyl (C=O) groups is 2. The molecular weight excluding hydrogens is 232 g/mol. The lowest BCUT2D eigenvalue weighted by Gasteiger charge is -2.38. The Morgan fingerprint density at radius 3 is 2.83 bits per heavy atom. The molecule has 2 unspecified atom stereocenters. The molecule has 0 aromatic rings. The van der Waals surface area contributed by atoms with Crippen molar-refractivity contribution in [3.05, 3.63) is 0 Å². The Morgan fingerprint density at radius 1 is 1.44 bits per heavy atom. The van der Waals surface area contributed by atoms with E-state index in [2.05, 4.69) is 5.32 Å². The number of piperidine rings is 1. The van der Waals surface area contributed by atoms with Gasteiger partial charge in [0.15, 0.2) is 0 Å². The highest BCUT2D eigenvalue weighted by molar-refractivity contribution is 5.84. The quantitative estimate of drug-likeness (QED) is 0.783. The third kappa shape index (κ3) is 2.66. The van der Waals surface area contributed by atoms with Crippen LogP contribution >= 0.6 is 0 Å². The minimum atomic E-state index is -0.813. The van der Waals surface area contributed by atoms with Crippen LogP contribution in [-0.2, 0) is 9.59 Å². The number of carbonyl (C=O) groups excluding carboxylic acids is 1. The number of aliphatic carboxylic acids is 1. The second-order valence-electron chi connectivity index (χ2n) is 5.73. The average molecular weight is 254 g/mol. The van der Waals surface area contributed by atoms with E-state index in [4.69, 9.17) is 5.11 Å². The van der Waals surface area contributed by atoms with Crippen LogP contribution in [0.1, 0.15) is 39.0 Å². The molecule has 0 spiro atoms. The number of hydrogen-bond donors (Lipinski definition) is 2. The van der Waals surface area contributed by atoms with Crippen LogP contribution in [0.2, 0.25) is 0 Å². The predicted octanol–water partition coefficient (Wildman–Crippen LogP) is 0.842. The number of nitrogens with one attached hydrogen (secondary N) is 1. The fraction of sp³-hybridized carbons (Fsp3) is 0.846. The molecule has 5 heteroatoms. The fourth-order valence-corrected chi connectivity index (χ4v) is 3.10. The average Bonchev–Trinajstić information content (AvgIpc) is 2.76. The highest BCUT2D eigenvalue weighted by Crippen LogP contribution is 2.32. The summed E-state index contributed by atoms with van der Waals surface area (Å²) in [7, 11) is 0. The molecule has 102 valence electrons. The van der Waals surface area contributed by atoms with E-state index in [9.17, 15) is 9.59 Å². The summed E-state index contributed by atoms with van der Waals surface area (Å²) >= 11 is 0. The van der Waals surface area contributed by atoms with Gasteiger partial charge in [0.05, 0.1) is 11.8 Å². The summed E-state index contributed by atoms with van der Waals surface area (Å²) in [6.45, 7) is 4.40. The molecule has 2 aliphatic heterocycles. The maximum Gasteiger partial charge on any atom is 0.305 e. The highest BCUT2D eigenvalue weighted by Gasteiger charge is 2.41. The highest BCUT2D eigenvalue weighted by atomic mass is 16.4. The first kappa shape index (κ1) is 13.3. The van der Waals surface area contributed by atoms with Crippen LogP contribution in [0.15, 0.2) is 0 Å². The zero-order chi connectivity index (χ0) is 13.2. The van der Waals surface area contributed by atoms with Crippen molar-refractivity contribution < 1.29 is 14.7 Å². The van der Waals surface area contributed by atoms with Crippen LogP contribution in [0.3, 0.4) is 0 Å². The smallest absolute Gasteiger partial charge is 0.305 e. The standard InChI is InChI=1S/C13H22N2O3/c1-13(5-3-6-14-9-13)12(18)15-7-2-4-10(15)8-11(16)17/h10,14H,2-9H2,1H3,(H,16,17). The van der Waals surface area contributed by atoms with E-state index in [1.54, 1.807) is 4.90 Å². The van der Waals surface area contributed by atoms with Crippen molar-refractivity contribution in [2.75, 3.05) is 19.6 Å². The lowest BCUT2D eigenvalue weighted by Crippen LogP contribution is -2.51. The number of amides is 1. The molecule has 1 amide bonds. The summed E-state index contributed by atoms with van der Waals surface area (Å²) in [4.78, 5) is 25.2. The summed E-state index contributed by atoms with van der Waals surface area (Å²) < 4.78 is 0. The second kappa shape index (κ2) is 5.26. The zero-order valence-electron chi connectivity index (χ0n) is 10.9. The minimum Gasteiger partial charge on any atom is -0.481 e. The summed E-state index contributed by atoms with van der Waals surface area (Å²) in [6.07, 6.45) is 3.73. The third-order valence-corrected chi connectivity index (χ3v) is 4.16.